The summed E-state index contributed by atoms with van der Waals surface area (Å²) < 4.78 is 0. The minimum atomic E-state index is 0.192. The first-order valence-electron chi connectivity index (χ1n) is 5.98. The molecule has 0 spiro atoms. The third-order valence-electron chi connectivity index (χ3n) is 3.52. The molecule has 2 aromatic heterocycles. The normalized spacial score (nSPS) is 19.8. The average Bonchev–Trinajstić information content (AvgIpc) is 3.08. The molecule has 1 aliphatic heterocycles. The molecule has 17 heavy (non-hydrogen) atoms. The lowest BCUT2D eigenvalue weighted by atomic mass is 10.2. The Labute approximate surface area is 97.8 Å². The van der Waals surface area contributed by atoms with E-state index in [9.17, 15) is 4.79 Å². The van der Waals surface area contributed by atoms with Crippen molar-refractivity contribution in [3.8, 4) is 0 Å². The van der Waals surface area contributed by atoms with Crippen LogP contribution in [0.3, 0.4) is 0 Å². The number of carbonyl (C=O) groups is 1. The van der Waals surface area contributed by atoms with E-state index in [-0.39, 0.29) is 5.91 Å². The van der Waals surface area contributed by atoms with E-state index in [1.54, 1.807) is 6.20 Å². The van der Waals surface area contributed by atoms with Crippen molar-refractivity contribution in [1.82, 2.24) is 15.2 Å². The lowest BCUT2D eigenvalue weighted by Gasteiger charge is -2.20. The van der Waals surface area contributed by atoms with E-state index in [1.807, 2.05) is 11.0 Å². The summed E-state index contributed by atoms with van der Waals surface area (Å²) in [6.45, 7) is 0. The molecule has 2 aliphatic rings. The number of aromatic nitrogens is 3. The number of aryl methyl sites for hydroxylation is 1. The van der Waals surface area contributed by atoms with Crippen LogP contribution < -0.4 is 4.90 Å². The maximum atomic E-state index is 12.2. The van der Waals surface area contributed by atoms with Crippen molar-refractivity contribution in [1.29, 1.82) is 0 Å². The average molecular weight is 228 g/mol. The largest absolute Gasteiger partial charge is 0.293 e. The van der Waals surface area contributed by atoms with Gasteiger partial charge < -0.3 is 0 Å². The van der Waals surface area contributed by atoms with E-state index in [2.05, 4.69) is 15.2 Å². The third kappa shape index (κ3) is 1.22. The van der Waals surface area contributed by atoms with Crippen LogP contribution in [-0.2, 0) is 11.2 Å². The number of H-pyrrole nitrogens is 1. The topological polar surface area (TPSA) is 61.9 Å². The Morgan fingerprint density at radius 1 is 1.35 bits per heavy atom. The molecule has 0 saturated heterocycles. The van der Waals surface area contributed by atoms with Crippen LogP contribution in [0.15, 0.2) is 12.3 Å². The Morgan fingerprint density at radius 2 is 2.24 bits per heavy atom. The summed E-state index contributed by atoms with van der Waals surface area (Å²) in [5, 5.41) is 8.33. The van der Waals surface area contributed by atoms with Gasteiger partial charge in [-0.25, -0.2) is 4.98 Å². The maximum absolute atomic E-state index is 12.2. The zero-order chi connectivity index (χ0) is 11.4. The van der Waals surface area contributed by atoms with Crippen molar-refractivity contribution in [3.05, 3.63) is 18.0 Å². The number of carbonyl (C=O) groups excluding carboxylic acids is 1. The van der Waals surface area contributed by atoms with Gasteiger partial charge in [0.2, 0.25) is 5.91 Å². The van der Waals surface area contributed by atoms with Gasteiger partial charge in [-0.3, -0.25) is 14.8 Å². The van der Waals surface area contributed by atoms with Gasteiger partial charge in [0.15, 0.2) is 0 Å². The summed E-state index contributed by atoms with van der Waals surface area (Å²) in [4.78, 5) is 18.4. The lowest BCUT2D eigenvalue weighted by Crippen LogP contribution is -2.33. The molecule has 1 saturated carbocycles. The predicted molar refractivity (Wildman–Crippen MR) is 62.7 cm³/mol. The Morgan fingerprint density at radius 3 is 3.06 bits per heavy atom. The first-order chi connectivity index (χ1) is 8.34. The van der Waals surface area contributed by atoms with Gasteiger partial charge in [0.25, 0.3) is 0 Å². The number of rotatable bonds is 1. The third-order valence-corrected chi connectivity index (χ3v) is 3.52. The molecule has 2 aromatic rings. The lowest BCUT2D eigenvalue weighted by molar-refractivity contribution is -0.118. The standard InChI is InChI=1S/C12H12N4O/c17-10-4-3-8-11-9(15-14-8)5-6-13-12(11)16(10)7-1-2-7/h5-7H,1-4H2,(H,14,15). The SMILES string of the molecule is O=C1CCc2[nH]nc3ccnc(c23)N1C1CC1. The van der Waals surface area contributed by atoms with Crippen molar-refractivity contribution in [3.63, 3.8) is 0 Å². The van der Waals surface area contributed by atoms with Gasteiger partial charge >= 0.3 is 0 Å². The van der Waals surface area contributed by atoms with Crippen LogP contribution in [-0.4, -0.2) is 27.1 Å². The molecule has 1 aliphatic carbocycles. The summed E-state index contributed by atoms with van der Waals surface area (Å²) in [5.41, 5.74) is 1.95. The number of pyridine rings is 1. The molecular weight excluding hydrogens is 216 g/mol. The molecule has 0 atom stereocenters. The van der Waals surface area contributed by atoms with Crippen LogP contribution in [0, 0.1) is 0 Å². The van der Waals surface area contributed by atoms with Crippen LogP contribution in [0.2, 0.25) is 0 Å². The number of hydrogen-bond acceptors (Lipinski definition) is 3. The highest BCUT2D eigenvalue weighted by atomic mass is 16.2. The number of hydrogen-bond donors (Lipinski definition) is 1. The van der Waals surface area contributed by atoms with Gasteiger partial charge in [0, 0.05) is 24.4 Å². The summed E-state index contributed by atoms with van der Waals surface area (Å²) in [7, 11) is 0. The van der Waals surface area contributed by atoms with Gasteiger partial charge in [-0.15, -0.1) is 0 Å². The maximum Gasteiger partial charge on any atom is 0.228 e. The minimum Gasteiger partial charge on any atom is -0.293 e. The van der Waals surface area contributed by atoms with E-state index < -0.39 is 0 Å². The molecule has 3 heterocycles. The number of nitrogens with zero attached hydrogens (tertiary/aromatic N) is 3. The summed E-state index contributed by atoms with van der Waals surface area (Å²) in [6.07, 6.45) is 5.20. The van der Waals surface area contributed by atoms with E-state index in [4.69, 9.17) is 0 Å². The smallest absolute Gasteiger partial charge is 0.228 e. The second-order valence-electron chi connectivity index (χ2n) is 4.73. The summed E-state index contributed by atoms with van der Waals surface area (Å²) in [6, 6.07) is 2.25. The Hall–Kier alpha value is -1.91. The Balaban J connectivity index is 2.02. The van der Waals surface area contributed by atoms with Crippen molar-refractivity contribution >= 4 is 22.6 Å². The number of anilines is 1. The molecular formula is C12H12N4O. The van der Waals surface area contributed by atoms with Crippen LogP contribution in [0.1, 0.15) is 25.0 Å². The minimum absolute atomic E-state index is 0.192. The zero-order valence-corrected chi connectivity index (χ0v) is 9.31. The van der Waals surface area contributed by atoms with E-state index in [0.717, 1.165) is 41.7 Å². The fourth-order valence-corrected chi connectivity index (χ4v) is 2.55. The van der Waals surface area contributed by atoms with Gasteiger partial charge in [-0.1, -0.05) is 0 Å². The number of amides is 1. The molecule has 0 radical (unpaired) electrons. The molecule has 0 unspecified atom stereocenters. The monoisotopic (exact) mass is 228 g/mol. The van der Waals surface area contributed by atoms with Gasteiger partial charge in [-0.2, -0.15) is 5.10 Å². The highest BCUT2D eigenvalue weighted by Gasteiger charge is 2.37. The highest BCUT2D eigenvalue weighted by molar-refractivity contribution is 6.04. The summed E-state index contributed by atoms with van der Waals surface area (Å²) >= 11 is 0. The molecule has 5 heteroatoms. The fourth-order valence-electron chi connectivity index (χ4n) is 2.55. The van der Waals surface area contributed by atoms with E-state index in [0.29, 0.717) is 12.5 Å². The number of aromatic amines is 1. The van der Waals surface area contributed by atoms with E-state index >= 15 is 0 Å². The second kappa shape index (κ2) is 3.06. The summed E-state index contributed by atoms with van der Waals surface area (Å²) in [5.74, 6) is 0.994. The van der Waals surface area contributed by atoms with Crippen molar-refractivity contribution in [2.45, 2.75) is 31.7 Å². The second-order valence-corrected chi connectivity index (χ2v) is 4.73. The molecule has 0 bridgehead atoms. The predicted octanol–water partition coefficient (Wildman–Crippen LogP) is 1.40. The van der Waals surface area contributed by atoms with Crippen LogP contribution >= 0.6 is 0 Å². The molecule has 0 aromatic carbocycles. The molecule has 1 fully saturated rings. The zero-order valence-electron chi connectivity index (χ0n) is 9.31. The van der Waals surface area contributed by atoms with Crippen molar-refractivity contribution in [2.75, 3.05) is 4.90 Å². The van der Waals surface area contributed by atoms with Crippen LogP contribution in [0.4, 0.5) is 5.82 Å². The van der Waals surface area contributed by atoms with Crippen molar-refractivity contribution in [2.24, 2.45) is 0 Å². The van der Waals surface area contributed by atoms with Crippen LogP contribution in [0.5, 0.6) is 0 Å². The Bertz CT molecular complexity index is 614. The molecule has 86 valence electrons. The molecule has 5 nitrogen and oxygen atoms in total. The number of nitrogens with one attached hydrogen (secondary N) is 1. The quantitative estimate of drug-likeness (QED) is 0.802. The van der Waals surface area contributed by atoms with E-state index in [1.165, 1.54) is 0 Å². The molecule has 4 rings (SSSR count). The van der Waals surface area contributed by atoms with Gasteiger partial charge in [-0.05, 0) is 25.3 Å². The van der Waals surface area contributed by atoms with Crippen molar-refractivity contribution < 1.29 is 4.79 Å². The highest BCUT2D eigenvalue weighted by Crippen LogP contribution is 2.37. The fraction of sp³-hybridized carbons (Fsp3) is 0.417. The molecule has 1 N–H and O–H groups in total. The first-order valence-corrected chi connectivity index (χ1v) is 5.98. The first kappa shape index (κ1) is 9.15. The van der Waals surface area contributed by atoms with Gasteiger partial charge in [0.05, 0.1) is 10.9 Å². The Kier molecular flexibility index (Phi) is 1.65. The van der Waals surface area contributed by atoms with Gasteiger partial charge in [0.1, 0.15) is 5.82 Å². The van der Waals surface area contributed by atoms with Crippen LogP contribution in [0.25, 0.3) is 10.9 Å². The molecule has 1 amide bonds.